The lowest BCUT2D eigenvalue weighted by molar-refractivity contribution is -0.139. The molecule has 0 amide bonds. The zero-order valence-corrected chi connectivity index (χ0v) is 9.45. The summed E-state index contributed by atoms with van der Waals surface area (Å²) in [6.45, 7) is 3.44. The second-order valence-electron chi connectivity index (χ2n) is 4.18. The maximum atomic E-state index is 12.3. The summed E-state index contributed by atoms with van der Waals surface area (Å²) in [4.78, 5) is 11.0. The van der Waals surface area contributed by atoms with Crippen LogP contribution in [0.1, 0.15) is 30.9 Å². The Hall–Kier alpha value is -1.52. The average Bonchev–Trinajstić information content (AvgIpc) is 2.15. The first-order chi connectivity index (χ1) is 7.73. The van der Waals surface area contributed by atoms with Crippen molar-refractivity contribution in [2.45, 2.75) is 25.9 Å². The van der Waals surface area contributed by atoms with Crippen molar-refractivity contribution >= 4 is 5.97 Å². The molecule has 1 aromatic carbocycles. The molecule has 0 bridgehead atoms. The fourth-order valence-electron chi connectivity index (χ4n) is 1.69. The van der Waals surface area contributed by atoms with Crippen molar-refractivity contribution in [3.05, 3.63) is 35.4 Å². The van der Waals surface area contributed by atoms with Crippen LogP contribution in [0.15, 0.2) is 24.3 Å². The van der Waals surface area contributed by atoms with Crippen molar-refractivity contribution in [3.8, 4) is 0 Å². The molecule has 0 unspecified atom stereocenters. The van der Waals surface area contributed by atoms with Crippen molar-refractivity contribution in [1.82, 2.24) is 0 Å². The summed E-state index contributed by atoms with van der Waals surface area (Å²) < 4.78 is 37.0. The topological polar surface area (TPSA) is 37.3 Å². The molecule has 1 N–H and O–H groups in total. The van der Waals surface area contributed by atoms with Crippen LogP contribution in [0, 0.1) is 5.92 Å². The van der Waals surface area contributed by atoms with E-state index in [0.29, 0.717) is 5.56 Å². The van der Waals surface area contributed by atoms with Gasteiger partial charge in [-0.05, 0) is 23.6 Å². The number of alkyl halides is 3. The Morgan fingerprint density at radius 3 is 1.94 bits per heavy atom. The van der Waals surface area contributed by atoms with Gasteiger partial charge in [0, 0.05) is 0 Å². The first-order valence-electron chi connectivity index (χ1n) is 5.13. The van der Waals surface area contributed by atoms with Crippen LogP contribution in [0.5, 0.6) is 0 Å². The Bertz CT molecular complexity index is 393. The van der Waals surface area contributed by atoms with Gasteiger partial charge in [0.25, 0.3) is 0 Å². The number of carboxylic acids is 1. The van der Waals surface area contributed by atoms with Crippen LogP contribution in [-0.4, -0.2) is 11.1 Å². The van der Waals surface area contributed by atoms with Gasteiger partial charge in [-0.25, -0.2) is 0 Å². The van der Waals surface area contributed by atoms with Crippen molar-refractivity contribution in [2.24, 2.45) is 5.92 Å². The second-order valence-corrected chi connectivity index (χ2v) is 4.18. The highest BCUT2D eigenvalue weighted by Crippen LogP contribution is 2.31. The van der Waals surface area contributed by atoms with Crippen molar-refractivity contribution in [1.29, 1.82) is 0 Å². The highest BCUT2D eigenvalue weighted by atomic mass is 19.4. The zero-order valence-electron chi connectivity index (χ0n) is 9.45. The third-order valence-corrected chi connectivity index (χ3v) is 2.53. The summed E-state index contributed by atoms with van der Waals surface area (Å²) in [6.07, 6.45) is -4.39. The van der Waals surface area contributed by atoms with E-state index < -0.39 is 23.6 Å². The molecule has 1 atom stereocenters. The normalized spacial score (nSPS) is 13.8. The van der Waals surface area contributed by atoms with Crippen LogP contribution < -0.4 is 0 Å². The zero-order chi connectivity index (χ0) is 13.2. The maximum absolute atomic E-state index is 12.3. The minimum Gasteiger partial charge on any atom is -0.481 e. The first kappa shape index (κ1) is 13.5. The predicted octanol–water partition coefficient (Wildman–Crippen LogP) is 3.53. The Morgan fingerprint density at radius 2 is 1.65 bits per heavy atom. The Morgan fingerprint density at radius 1 is 1.18 bits per heavy atom. The van der Waals surface area contributed by atoms with E-state index in [-0.39, 0.29) is 5.92 Å². The number of benzene rings is 1. The molecule has 2 nitrogen and oxygen atoms in total. The van der Waals surface area contributed by atoms with Gasteiger partial charge >= 0.3 is 12.1 Å². The van der Waals surface area contributed by atoms with Crippen LogP contribution >= 0.6 is 0 Å². The fraction of sp³-hybridized carbons (Fsp3) is 0.417. The Balaban J connectivity index is 3.05. The van der Waals surface area contributed by atoms with Gasteiger partial charge in [-0.15, -0.1) is 0 Å². The highest BCUT2D eigenvalue weighted by molar-refractivity contribution is 5.76. The second kappa shape index (κ2) is 4.77. The number of rotatable bonds is 3. The molecule has 17 heavy (non-hydrogen) atoms. The monoisotopic (exact) mass is 246 g/mol. The molecule has 0 fully saturated rings. The van der Waals surface area contributed by atoms with E-state index in [2.05, 4.69) is 0 Å². The third kappa shape index (κ3) is 3.22. The molecule has 0 heterocycles. The summed E-state index contributed by atoms with van der Waals surface area (Å²) in [5.74, 6) is -1.98. The van der Waals surface area contributed by atoms with E-state index in [1.54, 1.807) is 13.8 Å². The van der Waals surface area contributed by atoms with Gasteiger partial charge in [-0.3, -0.25) is 4.79 Å². The summed E-state index contributed by atoms with van der Waals surface area (Å²) in [7, 11) is 0. The summed E-state index contributed by atoms with van der Waals surface area (Å²) in [6, 6.07) is 4.27. The van der Waals surface area contributed by atoms with E-state index in [1.165, 1.54) is 12.1 Å². The molecule has 0 saturated heterocycles. The van der Waals surface area contributed by atoms with Crippen LogP contribution in [0.3, 0.4) is 0 Å². The van der Waals surface area contributed by atoms with Gasteiger partial charge in [-0.1, -0.05) is 26.0 Å². The van der Waals surface area contributed by atoms with Gasteiger partial charge in [-0.2, -0.15) is 13.2 Å². The largest absolute Gasteiger partial charge is 0.481 e. The number of carbonyl (C=O) groups is 1. The molecule has 1 rings (SSSR count). The lowest BCUT2D eigenvalue weighted by Gasteiger charge is -2.17. The van der Waals surface area contributed by atoms with Gasteiger partial charge in [0.05, 0.1) is 11.5 Å². The van der Waals surface area contributed by atoms with Gasteiger partial charge < -0.3 is 5.11 Å². The summed E-state index contributed by atoms with van der Waals surface area (Å²) >= 11 is 0. The molecule has 0 aliphatic carbocycles. The molecule has 0 saturated carbocycles. The van der Waals surface area contributed by atoms with E-state index in [1.807, 2.05) is 0 Å². The summed E-state index contributed by atoms with van der Waals surface area (Å²) in [5.41, 5.74) is -0.380. The standard InChI is InChI=1S/C12H13F3O2/c1-7(2)10(11(16)17)8-3-5-9(6-4-8)12(13,14)15/h3-7,10H,1-2H3,(H,16,17)/t10-/m0/s1. The van der Waals surface area contributed by atoms with E-state index >= 15 is 0 Å². The number of hydrogen-bond donors (Lipinski definition) is 1. The van der Waals surface area contributed by atoms with Crippen LogP contribution in [0.25, 0.3) is 0 Å². The van der Waals surface area contributed by atoms with Crippen LogP contribution in [0.2, 0.25) is 0 Å². The molecule has 0 spiro atoms. The SMILES string of the molecule is CC(C)[C@H](C(=O)O)c1ccc(C(F)(F)F)cc1. The minimum atomic E-state index is -4.39. The van der Waals surface area contributed by atoms with Gasteiger partial charge in [0.15, 0.2) is 0 Å². The lowest BCUT2D eigenvalue weighted by Crippen LogP contribution is -2.17. The molecule has 1 aromatic rings. The van der Waals surface area contributed by atoms with Crippen LogP contribution in [0.4, 0.5) is 13.2 Å². The molecule has 0 aliphatic heterocycles. The average molecular weight is 246 g/mol. The maximum Gasteiger partial charge on any atom is 0.416 e. The fourth-order valence-corrected chi connectivity index (χ4v) is 1.69. The number of halogens is 3. The summed E-state index contributed by atoms with van der Waals surface area (Å²) in [5, 5.41) is 9.00. The van der Waals surface area contributed by atoms with E-state index in [4.69, 9.17) is 5.11 Å². The first-order valence-corrected chi connectivity index (χ1v) is 5.13. The van der Waals surface area contributed by atoms with E-state index in [0.717, 1.165) is 12.1 Å². The molecular formula is C12H13F3O2. The molecule has 0 aliphatic rings. The minimum absolute atomic E-state index is 0.177. The van der Waals surface area contributed by atoms with Crippen molar-refractivity contribution < 1.29 is 23.1 Å². The highest BCUT2D eigenvalue weighted by Gasteiger charge is 2.31. The van der Waals surface area contributed by atoms with E-state index in [9.17, 15) is 18.0 Å². The Labute approximate surface area is 97.1 Å². The number of carboxylic acid groups (broad SMARTS) is 1. The molecule has 94 valence electrons. The molecule has 0 aromatic heterocycles. The molecule has 0 radical (unpaired) electrons. The Kier molecular flexibility index (Phi) is 3.80. The van der Waals surface area contributed by atoms with Crippen molar-refractivity contribution in [2.75, 3.05) is 0 Å². The van der Waals surface area contributed by atoms with Gasteiger partial charge in [0.2, 0.25) is 0 Å². The van der Waals surface area contributed by atoms with Crippen LogP contribution in [-0.2, 0) is 11.0 Å². The van der Waals surface area contributed by atoms with Gasteiger partial charge in [0.1, 0.15) is 0 Å². The lowest BCUT2D eigenvalue weighted by atomic mass is 9.88. The van der Waals surface area contributed by atoms with Crippen molar-refractivity contribution in [3.63, 3.8) is 0 Å². The smallest absolute Gasteiger partial charge is 0.416 e. The number of hydrogen-bond acceptors (Lipinski definition) is 1. The number of aliphatic carboxylic acids is 1. The molecular weight excluding hydrogens is 233 g/mol. The molecule has 5 heteroatoms. The predicted molar refractivity (Wildman–Crippen MR) is 56.7 cm³/mol. The quantitative estimate of drug-likeness (QED) is 0.885. The third-order valence-electron chi connectivity index (χ3n) is 2.53.